The third-order valence-corrected chi connectivity index (χ3v) is 3.71. The minimum Gasteiger partial charge on any atom is -0.476 e. The zero-order valence-corrected chi connectivity index (χ0v) is 11.3. The zero-order valence-electron chi connectivity index (χ0n) is 10.5. The van der Waals surface area contributed by atoms with Crippen molar-refractivity contribution in [3.8, 4) is 0 Å². The van der Waals surface area contributed by atoms with Crippen molar-refractivity contribution in [2.24, 2.45) is 0 Å². The van der Waals surface area contributed by atoms with Crippen LogP contribution in [0.5, 0.6) is 0 Å². The molecule has 4 nitrogen and oxygen atoms in total. The minimum absolute atomic E-state index is 0.130. The van der Waals surface area contributed by atoms with Crippen molar-refractivity contribution in [3.63, 3.8) is 0 Å². The van der Waals surface area contributed by atoms with E-state index in [0.29, 0.717) is 0 Å². The lowest BCUT2D eigenvalue weighted by Gasteiger charge is -2.08. The first kappa shape index (κ1) is 12.8. The standard InChI is InChI=1S/C13H16N2O2S/c1-9(2)12-8-11(13(16)17)14-15(12)6-5-10-4-3-7-18-10/h3-4,7-9H,5-6H2,1-2H3,(H,16,17). The molecule has 2 aromatic heterocycles. The molecule has 0 aliphatic rings. The first-order valence-electron chi connectivity index (χ1n) is 5.91. The molecule has 0 aliphatic heterocycles. The van der Waals surface area contributed by atoms with Gasteiger partial charge in [0.25, 0.3) is 0 Å². The molecule has 0 saturated carbocycles. The average molecular weight is 264 g/mol. The summed E-state index contributed by atoms with van der Waals surface area (Å²) < 4.78 is 1.81. The van der Waals surface area contributed by atoms with Crippen LogP contribution in [-0.4, -0.2) is 20.9 Å². The topological polar surface area (TPSA) is 55.1 Å². The van der Waals surface area contributed by atoms with E-state index < -0.39 is 5.97 Å². The number of hydrogen-bond donors (Lipinski definition) is 1. The van der Waals surface area contributed by atoms with Gasteiger partial charge >= 0.3 is 5.97 Å². The molecular weight excluding hydrogens is 248 g/mol. The fourth-order valence-electron chi connectivity index (χ4n) is 1.85. The number of aryl methyl sites for hydroxylation is 2. The monoisotopic (exact) mass is 264 g/mol. The molecule has 0 amide bonds. The van der Waals surface area contributed by atoms with Crippen molar-refractivity contribution in [1.82, 2.24) is 9.78 Å². The van der Waals surface area contributed by atoms with Gasteiger partial charge in [-0.3, -0.25) is 4.68 Å². The summed E-state index contributed by atoms with van der Waals surface area (Å²) in [7, 11) is 0. The predicted octanol–water partition coefficient (Wildman–Crippen LogP) is 3.01. The molecule has 0 spiro atoms. The first-order chi connectivity index (χ1) is 8.58. The SMILES string of the molecule is CC(C)c1cc(C(=O)O)nn1CCc1cccs1. The summed E-state index contributed by atoms with van der Waals surface area (Å²) in [6.45, 7) is 4.82. The second-order valence-electron chi connectivity index (χ2n) is 4.47. The van der Waals surface area contributed by atoms with Gasteiger partial charge in [0.1, 0.15) is 0 Å². The molecule has 5 heteroatoms. The van der Waals surface area contributed by atoms with Crippen LogP contribution in [0, 0.1) is 0 Å². The van der Waals surface area contributed by atoms with Crippen LogP contribution in [0.3, 0.4) is 0 Å². The highest BCUT2D eigenvalue weighted by molar-refractivity contribution is 7.09. The van der Waals surface area contributed by atoms with Gasteiger partial charge in [0.05, 0.1) is 0 Å². The van der Waals surface area contributed by atoms with Crippen molar-refractivity contribution >= 4 is 17.3 Å². The van der Waals surface area contributed by atoms with Crippen LogP contribution in [0.15, 0.2) is 23.6 Å². The van der Waals surface area contributed by atoms with Crippen molar-refractivity contribution in [2.75, 3.05) is 0 Å². The summed E-state index contributed by atoms with van der Waals surface area (Å²) in [5, 5.41) is 15.2. The van der Waals surface area contributed by atoms with E-state index in [9.17, 15) is 4.79 Å². The highest BCUT2D eigenvalue weighted by atomic mass is 32.1. The lowest BCUT2D eigenvalue weighted by atomic mass is 10.1. The van der Waals surface area contributed by atoms with Crippen LogP contribution in [0.1, 0.15) is 40.8 Å². The number of rotatable bonds is 5. The first-order valence-corrected chi connectivity index (χ1v) is 6.79. The molecular formula is C13H16N2O2S. The Kier molecular flexibility index (Phi) is 3.81. The van der Waals surface area contributed by atoms with Gasteiger partial charge in [-0.25, -0.2) is 4.79 Å². The van der Waals surface area contributed by atoms with Crippen LogP contribution in [0.4, 0.5) is 0 Å². The van der Waals surface area contributed by atoms with Crippen LogP contribution in [-0.2, 0) is 13.0 Å². The lowest BCUT2D eigenvalue weighted by molar-refractivity contribution is 0.0689. The number of carboxylic acid groups (broad SMARTS) is 1. The van der Waals surface area contributed by atoms with Gasteiger partial charge in [-0.05, 0) is 23.4 Å². The van der Waals surface area contributed by atoms with E-state index in [1.54, 1.807) is 17.4 Å². The smallest absolute Gasteiger partial charge is 0.356 e. The van der Waals surface area contributed by atoms with Crippen molar-refractivity contribution < 1.29 is 9.90 Å². The summed E-state index contributed by atoms with van der Waals surface area (Å²) in [4.78, 5) is 12.2. The molecule has 0 fully saturated rings. The van der Waals surface area contributed by atoms with Crippen molar-refractivity contribution in [1.29, 1.82) is 0 Å². The molecule has 18 heavy (non-hydrogen) atoms. The van der Waals surface area contributed by atoms with Crippen LogP contribution >= 0.6 is 11.3 Å². The maximum Gasteiger partial charge on any atom is 0.356 e. The second kappa shape index (κ2) is 5.35. The van der Waals surface area contributed by atoms with Crippen molar-refractivity contribution in [2.45, 2.75) is 32.7 Å². The number of aromatic carboxylic acids is 1. The molecule has 96 valence electrons. The Bertz CT molecular complexity index is 529. The van der Waals surface area contributed by atoms with Gasteiger partial charge in [-0.15, -0.1) is 11.3 Å². The van der Waals surface area contributed by atoms with E-state index in [4.69, 9.17) is 5.11 Å². The molecule has 0 radical (unpaired) electrons. The second-order valence-corrected chi connectivity index (χ2v) is 5.50. The van der Waals surface area contributed by atoms with E-state index in [0.717, 1.165) is 18.7 Å². The number of carbonyl (C=O) groups is 1. The Hall–Kier alpha value is -1.62. The molecule has 0 bridgehead atoms. The zero-order chi connectivity index (χ0) is 13.1. The third-order valence-electron chi connectivity index (χ3n) is 2.77. The lowest BCUT2D eigenvalue weighted by Crippen LogP contribution is -2.09. The quantitative estimate of drug-likeness (QED) is 0.903. The maximum atomic E-state index is 10.9. The summed E-state index contributed by atoms with van der Waals surface area (Å²) in [6, 6.07) is 5.78. The van der Waals surface area contributed by atoms with Gasteiger partial charge in [0.2, 0.25) is 0 Å². The molecule has 1 N–H and O–H groups in total. The number of aromatic nitrogens is 2. The molecule has 0 atom stereocenters. The molecule has 2 rings (SSSR count). The third kappa shape index (κ3) is 2.79. The number of thiophene rings is 1. The van der Waals surface area contributed by atoms with Crippen LogP contribution in [0.25, 0.3) is 0 Å². The van der Waals surface area contributed by atoms with Gasteiger partial charge in [-0.2, -0.15) is 5.10 Å². The van der Waals surface area contributed by atoms with Gasteiger partial charge in [-0.1, -0.05) is 19.9 Å². The van der Waals surface area contributed by atoms with Crippen molar-refractivity contribution in [3.05, 3.63) is 39.8 Å². The number of hydrogen-bond acceptors (Lipinski definition) is 3. The number of nitrogens with zero attached hydrogens (tertiary/aromatic N) is 2. The van der Waals surface area contributed by atoms with Gasteiger partial charge in [0, 0.05) is 23.5 Å². The van der Waals surface area contributed by atoms with Crippen LogP contribution in [0.2, 0.25) is 0 Å². The van der Waals surface area contributed by atoms with E-state index in [1.807, 2.05) is 30.0 Å². The van der Waals surface area contributed by atoms with E-state index in [-0.39, 0.29) is 11.6 Å². The largest absolute Gasteiger partial charge is 0.476 e. The Balaban J connectivity index is 2.17. The molecule has 0 unspecified atom stereocenters. The van der Waals surface area contributed by atoms with E-state index >= 15 is 0 Å². The Morgan fingerprint density at radius 2 is 2.33 bits per heavy atom. The molecule has 0 aromatic carbocycles. The van der Waals surface area contributed by atoms with E-state index in [1.165, 1.54) is 4.88 Å². The fourth-order valence-corrected chi connectivity index (χ4v) is 2.55. The van der Waals surface area contributed by atoms with Crippen LogP contribution < -0.4 is 0 Å². The molecule has 0 aliphatic carbocycles. The Labute approximate surface area is 110 Å². The highest BCUT2D eigenvalue weighted by Crippen LogP contribution is 2.17. The summed E-state index contributed by atoms with van der Waals surface area (Å²) >= 11 is 1.71. The summed E-state index contributed by atoms with van der Waals surface area (Å²) in [6.07, 6.45) is 0.887. The molecule has 2 aromatic rings. The molecule has 0 saturated heterocycles. The van der Waals surface area contributed by atoms with Gasteiger partial charge in [0.15, 0.2) is 5.69 Å². The fraction of sp³-hybridized carbons (Fsp3) is 0.385. The van der Waals surface area contributed by atoms with E-state index in [2.05, 4.69) is 11.2 Å². The summed E-state index contributed by atoms with van der Waals surface area (Å²) in [5.74, 6) is -0.694. The molecule has 2 heterocycles. The Morgan fingerprint density at radius 3 is 2.89 bits per heavy atom. The normalized spacial score (nSPS) is 11.1. The highest BCUT2D eigenvalue weighted by Gasteiger charge is 2.15. The summed E-state index contributed by atoms with van der Waals surface area (Å²) in [5.41, 5.74) is 1.11. The number of carboxylic acids is 1. The Morgan fingerprint density at radius 1 is 1.56 bits per heavy atom. The minimum atomic E-state index is -0.966. The maximum absolute atomic E-state index is 10.9. The van der Waals surface area contributed by atoms with Gasteiger partial charge < -0.3 is 5.11 Å². The predicted molar refractivity (Wildman–Crippen MR) is 71.3 cm³/mol. The average Bonchev–Trinajstić information content (AvgIpc) is 2.95.